The van der Waals surface area contributed by atoms with Crippen LogP contribution in [0.4, 0.5) is 0 Å². The fraction of sp³-hybridized carbons (Fsp3) is 0.333. The average Bonchev–Trinajstić information content (AvgIpc) is 2.47. The van der Waals surface area contributed by atoms with Gasteiger partial charge in [-0.15, -0.1) is 0 Å². The van der Waals surface area contributed by atoms with Gasteiger partial charge in [-0.2, -0.15) is 4.37 Å². The highest BCUT2D eigenvalue weighted by Gasteiger charge is 2.08. The molecule has 0 amide bonds. The van der Waals surface area contributed by atoms with Crippen molar-refractivity contribution in [2.75, 3.05) is 0 Å². The van der Waals surface area contributed by atoms with Crippen LogP contribution >= 0.6 is 11.5 Å². The molecule has 0 atom stereocenters. The predicted molar refractivity (Wildman–Crippen MR) is 51.5 cm³/mol. The maximum absolute atomic E-state index is 4.27. The van der Waals surface area contributed by atoms with Gasteiger partial charge in [0.05, 0.1) is 0 Å². The predicted octanol–water partition coefficient (Wildman–Crippen LogP) is 2.81. The molecule has 2 aromatic heterocycles. The summed E-state index contributed by atoms with van der Waals surface area (Å²) in [6.45, 7) is 4.36. The maximum atomic E-state index is 4.27. The standard InChI is InChI=1S/C9H10N2S/c1-6(2)8-7-4-3-5-10-9(7)11-12-8/h3-6H,1-2H3. The van der Waals surface area contributed by atoms with Crippen LogP contribution in [0.3, 0.4) is 0 Å². The van der Waals surface area contributed by atoms with E-state index in [2.05, 4.69) is 29.3 Å². The summed E-state index contributed by atoms with van der Waals surface area (Å²) in [4.78, 5) is 5.52. The van der Waals surface area contributed by atoms with E-state index in [0.29, 0.717) is 5.92 Å². The van der Waals surface area contributed by atoms with Crippen molar-refractivity contribution in [1.82, 2.24) is 9.36 Å². The fourth-order valence-electron chi connectivity index (χ4n) is 1.22. The second-order valence-corrected chi connectivity index (χ2v) is 3.88. The van der Waals surface area contributed by atoms with Gasteiger partial charge in [-0.05, 0) is 29.6 Å². The van der Waals surface area contributed by atoms with Gasteiger partial charge >= 0.3 is 0 Å². The fourth-order valence-corrected chi connectivity index (χ4v) is 2.02. The molecule has 0 aliphatic carbocycles. The number of aromatic nitrogens is 2. The molecule has 0 aromatic carbocycles. The highest BCUT2D eigenvalue weighted by Crippen LogP contribution is 2.27. The van der Waals surface area contributed by atoms with Crippen molar-refractivity contribution < 1.29 is 0 Å². The molecular formula is C9H10N2S. The lowest BCUT2D eigenvalue weighted by atomic mass is 10.1. The first kappa shape index (κ1) is 7.68. The second kappa shape index (κ2) is 2.83. The van der Waals surface area contributed by atoms with Crippen molar-refractivity contribution in [3.05, 3.63) is 23.2 Å². The summed E-state index contributed by atoms with van der Waals surface area (Å²) in [6.07, 6.45) is 1.78. The lowest BCUT2D eigenvalue weighted by Crippen LogP contribution is -1.82. The summed E-state index contributed by atoms with van der Waals surface area (Å²) in [7, 11) is 0. The Hall–Kier alpha value is -0.960. The highest BCUT2D eigenvalue weighted by atomic mass is 32.1. The molecule has 0 fully saturated rings. The monoisotopic (exact) mass is 178 g/mol. The number of rotatable bonds is 1. The zero-order valence-electron chi connectivity index (χ0n) is 7.11. The van der Waals surface area contributed by atoms with Crippen LogP contribution in [0.15, 0.2) is 18.3 Å². The van der Waals surface area contributed by atoms with Crippen LogP contribution in [0.2, 0.25) is 0 Å². The summed E-state index contributed by atoms with van der Waals surface area (Å²) >= 11 is 1.56. The minimum Gasteiger partial charge on any atom is -0.236 e. The SMILES string of the molecule is CC(C)c1snc2ncccc12. The van der Waals surface area contributed by atoms with Crippen LogP contribution in [0, 0.1) is 0 Å². The number of fused-ring (bicyclic) bond motifs is 1. The number of pyridine rings is 1. The van der Waals surface area contributed by atoms with Crippen LogP contribution < -0.4 is 0 Å². The molecule has 2 nitrogen and oxygen atoms in total. The topological polar surface area (TPSA) is 25.8 Å². The normalized spacial score (nSPS) is 11.2. The molecule has 0 unspecified atom stereocenters. The van der Waals surface area contributed by atoms with Gasteiger partial charge in [0, 0.05) is 16.5 Å². The first-order valence-electron chi connectivity index (χ1n) is 3.99. The Bertz CT molecular complexity index is 392. The third kappa shape index (κ3) is 1.10. The molecule has 0 saturated carbocycles. The smallest absolute Gasteiger partial charge is 0.173 e. The number of hydrogen-bond acceptors (Lipinski definition) is 3. The van der Waals surface area contributed by atoms with Crippen molar-refractivity contribution in [3.8, 4) is 0 Å². The number of hydrogen-bond donors (Lipinski definition) is 0. The van der Waals surface area contributed by atoms with Gasteiger partial charge in [0.25, 0.3) is 0 Å². The average molecular weight is 178 g/mol. The molecule has 0 radical (unpaired) electrons. The molecule has 0 aliphatic heterocycles. The minimum absolute atomic E-state index is 0.546. The zero-order chi connectivity index (χ0) is 8.55. The summed E-state index contributed by atoms with van der Waals surface area (Å²) in [5.41, 5.74) is 0.881. The summed E-state index contributed by atoms with van der Waals surface area (Å²) in [5.74, 6) is 0.546. The van der Waals surface area contributed by atoms with E-state index in [4.69, 9.17) is 0 Å². The molecule has 2 heterocycles. The maximum Gasteiger partial charge on any atom is 0.173 e. The van der Waals surface area contributed by atoms with Gasteiger partial charge < -0.3 is 0 Å². The van der Waals surface area contributed by atoms with Crippen LogP contribution in [0.5, 0.6) is 0 Å². The Labute approximate surface area is 75.4 Å². The Morgan fingerprint density at radius 1 is 1.42 bits per heavy atom. The quantitative estimate of drug-likeness (QED) is 0.671. The summed E-state index contributed by atoms with van der Waals surface area (Å²) < 4.78 is 4.27. The lowest BCUT2D eigenvalue weighted by molar-refractivity contribution is 0.897. The third-order valence-electron chi connectivity index (χ3n) is 1.81. The van der Waals surface area contributed by atoms with E-state index in [1.807, 2.05) is 6.07 Å². The van der Waals surface area contributed by atoms with Gasteiger partial charge in [0.2, 0.25) is 0 Å². The molecule has 0 spiro atoms. The van der Waals surface area contributed by atoms with Crippen molar-refractivity contribution in [1.29, 1.82) is 0 Å². The van der Waals surface area contributed by atoms with E-state index in [-0.39, 0.29) is 0 Å². The summed E-state index contributed by atoms with van der Waals surface area (Å²) in [5, 5.41) is 1.21. The Morgan fingerprint density at radius 2 is 2.25 bits per heavy atom. The lowest BCUT2D eigenvalue weighted by Gasteiger charge is -1.98. The number of nitrogens with zero attached hydrogens (tertiary/aromatic N) is 2. The van der Waals surface area contributed by atoms with Crippen LogP contribution in [-0.2, 0) is 0 Å². The molecule has 3 heteroatoms. The van der Waals surface area contributed by atoms with Crippen molar-refractivity contribution >= 4 is 22.6 Å². The highest BCUT2D eigenvalue weighted by molar-refractivity contribution is 7.07. The molecule has 0 saturated heterocycles. The minimum atomic E-state index is 0.546. The Kier molecular flexibility index (Phi) is 1.81. The second-order valence-electron chi connectivity index (χ2n) is 3.08. The largest absolute Gasteiger partial charge is 0.236 e. The van der Waals surface area contributed by atoms with E-state index in [9.17, 15) is 0 Å². The summed E-state index contributed by atoms with van der Waals surface area (Å²) in [6, 6.07) is 4.05. The molecular weight excluding hydrogens is 168 g/mol. The van der Waals surface area contributed by atoms with Crippen molar-refractivity contribution in [3.63, 3.8) is 0 Å². The Morgan fingerprint density at radius 3 is 3.00 bits per heavy atom. The van der Waals surface area contributed by atoms with Gasteiger partial charge in [-0.1, -0.05) is 13.8 Å². The van der Waals surface area contributed by atoms with Gasteiger partial charge in [-0.25, -0.2) is 4.98 Å². The van der Waals surface area contributed by atoms with E-state index < -0.39 is 0 Å². The molecule has 0 bridgehead atoms. The van der Waals surface area contributed by atoms with Crippen molar-refractivity contribution in [2.45, 2.75) is 19.8 Å². The van der Waals surface area contributed by atoms with Crippen molar-refractivity contribution in [2.24, 2.45) is 0 Å². The van der Waals surface area contributed by atoms with Gasteiger partial charge in [0.1, 0.15) is 0 Å². The van der Waals surface area contributed by atoms with Crippen LogP contribution in [0.25, 0.3) is 11.0 Å². The first-order valence-corrected chi connectivity index (χ1v) is 4.76. The first-order chi connectivity index (χ1) is 5.79. The third-order valence-corrected chi connectivity index (χ3v) is 2.96. The molecule has 0 N–H and O–H groups in total. The van der Waals surface area contributed by atoms with E-state index in [0.717, 1.165) is 5.65 Å². The zero-order valence-corrected chi connectivity index (χ0v) is 7.93. The van der Waals surface area contributed by atoms with Gasteiger partial charge in [0.15, 0.2) is 5.65 Å². The Balaban J connectivity index is 2.70. The van der Waals surface area contributed by atoms with E-state index >= 15 is 0 Å². The molecule has 0 aliphatic rings. The van der Waals surface area contributed by atoms with E-state index in [1.54, 1.807) is 17.7 Å². The van der Waals surface area contributed by atoms with Crippen LogP contribution in [0.1, 0.15) is 24.6 Å². The molecule has 2 aromatic rings. The molecule has 62 valence electrons. The van der Waals surface area contributed by atoms with E-state index in [1.165, 1.54) is 10.3 Å². The molecule has 12 heavy (non-hydrogen) atoms. The molecule has 2 rings (SSSR count). The van der Waals surface area contributed by atoms with Gasteiger partial charge in [-0.3, -0.25) is 0 Å². The van der Waals surface area contributed by atoms with Crippen LogP contribution in [-0.4, -0.2) is 9.36 Å².